The van der Waals surface area contributed by atoms with E-state index in [1.165, 1.54) is 26.1 Å². The van der Waals surface area contributed by atoms with Gasteiger partial charge in [-0.15, -0.1) is 0 Å². The van der Waals surface area contributed by atoms with Gasteiger partial charge in [-0.1, -0.05) is 0 Å². The highest BCUT2D eigenvalue weighted by atomic mass is 15.4. The van der Waals surface area contributed by atoms with Crippen molar-refractivity contribution in [2.45, 2.75) is 64.6 Å². The normalized spacial score (nSPS) is 27.6. The summed E-state index contributed by atoms with van der Waals surface area (Å²) in [5.74, 6) is 0. The molecule has 2 rings (SSSR count). The molecule has 0 N–H and O–H groups in total. The average Bonchev–Trinajstić information content (AvgIpc) is 1.71. The first kappa shape index (κ1) is 11.4. The molecule has 0 unspecified atom stereocenters. The van der Waals surface area contributed by atoms with E-state index in [1.54, 1.807) is 0 Å². The molecule has 2 heterocycles. The Hall–Kier alpha value is -0.0800. The Morgan fingerprint density at radius 2 is 1.40 bits per heavy atom. The quantitative estimate of drug-likeness (QED) is 0.605. The molecule has 2 aliphatic rings. The summed E-state index contributed by atoms with van der Waals surface area (Å²) in [6.07, 6.45) is 1.40. The largest absolute Gasteiger partial charge is 0.295 e. The van der Waals surface area contributed by atoms with Gasteiger partial charge in [0.2, 0.25) is 0 Å². The number of likely N-dealkylation sites (tertiary alicyclic amines) is 2. The van der Waals surface area contributed by atoms with E-state index >= 15 is 0 Å². The summed E-state index contributed by atoms with van der Waals surface area (Å²) in [4.78, 5) is 5.30. The zero-order valence-electron chi connectivity index (χ0n) is 11.2. The molecule has 0 amide bonds. The fraction of sp³-hybridized carbons (Fsp3) is 1.00. The highest BCUT2D eigenvalue weighted by molar-refractivity contribution is 5.15. The molecule has 0 saturated carbocycles. The van der Waals surface area contributed by atoms with Gasteiger partial charge in [-0.05, 0) is 48.0 Å². The van der Waals surface area contributed by atoms with Crippen LogP contribution in [0.2, 0.25) is 0 Å². The third-order valence-corrected chi connectivity index (χ3v) is 4.10. The summed E-state index contributed by atoms with van der Waals surface area (Å²) >= 11 is 0. The van der Waals surface area contributed by atoms with Crippen LogP contribution in [0, 0.1) is 0 Å². The monoisotopic (exact) mass is 210 g/mol. The minimum atomic E-state index is 0.349. The lowest BCUT2D eigenvalue weighted by molar-refractivity contribution is -0.182. The van der Waals surface area contributed by atoms with Crippen LogP contribution in [-0.2, 0) is 0 Å². The second-order valence-corrected chi connectivity index (χ2v) is 7.32. The lowest BCUT2D eigenvalue weighted by Gasteiger charge is -2.68. The maximum Gasteiger partial charge on any atom is 0.0480 e. The average molecular weight is 210 g/mol. The van der Waals surface area contributed by atoms with Crippen molar-refractivity contribution in [3.8, 4) is 0 Å². The van der Waals surface area contributed by atoms with Gasteiger partial charge in [0.05, 0.1) is 0 Å². The Bertz CT molecular complexity index is 251. The molecular formula is C13H26N2. The van der Waals surface area contributed by atoms with Gasteiger partial charge in [0.15, 0.2) is 0 Å². The molecule has 2 heteroatoms. The summed E-state index contributed by atoms with van der Waals surface area (Å²) in [5.41, 5.74) is 1.23. The van der Waals surface area contributed by atoms with Crippen LogP contribution in [0.25, 0.3) is 0 Å². The highest BCUT2D eigenvalue weighted by Gasteiger charge is 2.57. The van der Waals surface area contributed by atoms with E-state index in [9.17, 15) is 0 Å². The molecule has 0 aliphatic carbocycles. The van der Waals surface area contributed by atoms with Crippen molar-refractivity contribution in [2.75, 3.05) is 19.6 Å². The fourth-order valence-electron chi connectivity index (χ4n) is 3.05. The van der Waals surface area contributed by atoms with Crippen molar-refractivity contribution in [3.05, 3.63) is 0 Å². The minimum absolute atomic E-state index is 0.349. The van der Waals surface area contributed by atoms with Crippen molar-refractivity contribution in [1.82, 2.24) is 9.80 Å². The predicted octanol–water partition coefficient (Wildman–Crippen LogP) is 2.34. The van der Waals surface area contributed by atoms with Crippen LogP contribution in [0.4, 0.5) is 0 Å². The van der Waals surface area contributed by atoms with Gasteiger partial charge in [0.25, 0.3) is 0 Å². The molecule has 0 atom stereocenters. The van der Waals surface area contributed by atoms with E-state index in [1.807, 2.05) is 0 Å². The Morgan fingerprint density at radius 1 is 0.867 bits per heavy atom. The first-order valence-electron chi connectivity index (χ1n) is 6.18. The highest BCUT2D eigenvalue weighted by Crippen LogP contribution is 2.45. The number of rotatable bonds is 0. The van der Waals surface area contributed by atoms with Crippen LogP contribution in [0.15, 0.2) is 0 Å². The van der Waals surface area contributed by atoms with Gasteiger partial charge < -0.3 is 0 Å². The molecule has 88 valence electrons. The third kappa shape index (κ3) is 1.72. The molecule has 15 heavy (non-hydrogen) atoms. The standard InChI is InChI=1S/C13H26N2/c1-11(2,3)14-9-13(10-14)7-8-15(13)12(4,5)6/h7-10H2,1-6H3. The maximum atomic E-state index is 2.70. The van der Waals surface area contributed by atoms with Crippen molar-refractivity contribution in [1.29, 1.82) is 0 Å². The minimum Gasteiger partial charge on any atom is -0.295 e. The molecule has 0 bridgehead atoms. The van der Waals surface area contributed by atoms with Crippen LogP contribution in [0.5, 0.6) is 0 Å². The molecule has 0 aromatic carbocycles. The van der Waals surface area contributed by atoms with Gasteiger partial charge >= 0.3 is 0 Å². The first-order valence-corrected chi connectivity index (χ1v) is 6.18. The number of hydrogen-bond acceptors (Lipinski definition) is 2. The Kier molecular flexibility index (Phi) is 2.27. The molecule has 0 aromatic rings. The first-order chi connectivity index (χ1) is 6.65. The van der Waals surface area contributed by atoms with E-state index in [4.69, 9.17) is 0 Å². The van der Waals surface area contributed by atoms with Crippen LogP contribution < -0.4 is 0 Å². The van der Waals surface area contributed by atoms with Gasteiger partial charge in [-0.25, -0.2) is 0 Å². The Morgan fingerprint density at radius 3 is 1.67 bits per heavy atom. The van der Waals surface area contributed by atoms with Gasteiger partial charge in [0, 0.05) is 36.3 Å². The summed E-state index contributed by atoms with van der Waals surface area (Å²) in [5, 5.41) is 0. The zero-order chi connectivity index (χ0) is 11.5. The molecule has 2 saturated heterocycles. The van der Waals surface area contributed by atoms with Crippen LogP contribution in [0.1, 0.15) is 48.0 Å². The van der Waals surface area contributed by atoms with Crippen molar-refractivity contribution in [2.24, 2.45) is 0 Å². The predicted molar refractivity (Wildman–Crippen MR) is 65.1 cm³/mol. The van der Waals surface area contributed by atoms with Crippen LogP contribution >= 0.6 is 0 Å². The van der Waals surface area contributed by atoms with Crippen molar-refractivity contribution in [3.63, 3.8) is 0 Å². The van der Waals surface area contributed by atoms with Crippen molar-refractivity contribution < 1.29 is 0 Å². The van der Waals surface area contributed by atoms with E-state index in [0.29, 0.717) is 16.6 Å². The van der Waals surface area contributed by atoms with Crippen LogP contribution in [-0.4, -0.2) is 46.1 Å². The summed E-state index contributed by atoms with van der Waals surface area (Å²) in [6, 6.07) is 0. The van der Waals surface area contributed by atoms with E-state index in [-0.39, 0.29) is 0 Å². The SMILES string of the molecule is CC(C)(C)N1CC2(CCN2C(C)(C)C)C1. The second kappa shape index (κ2) is 2.98. The lowest BCUT2D eigenvalue weighted by Crippen LogP contribution is -2.81. The van der Waals surface area contributed by atoms with Gasteiger partial charge in [-0.2, -0.15) is 0 Å². The summed E-state index contributed by atoms with van der Waals surface area (Å²) in [6.45, 7) is 17.8. The molecule has 2 fully saturated rings. The molecular weight excluding hydrogens is 184 g/mol. The lowest BCUT2D eigenvalue weighted by atomic mass is 9.72. The van der Waals surface area contributed by atoms with Crippen molar-refractivity contribution >= 4 is 0 Å². The van der Waals surface area contributed by atoms with E-state index in [2.05, 4.69) is 51.3 Å². The summed E-state index contributed by atoms with van der Waals surface area (Å²) in [7, 11) is 0. The van der Waals surface area contributed by atoms with E-state index in [0.717, 1.165) is 0 Å². The van der Waals surface area contributed by atoms with Gasteiger partial charge in [0.1, 0.15) is 0 Å². The van der Waals surface area contributed by atoms with E-state index < -0.39 is 0 Å². The zero-order valence-corrected chi connectivity index (χ0v) is 11.2. The Balaban J connectivity index is 1.98. The third-order valence-electron chi connectivity index (χ3n) is 4.10. The number of hydrogen-bond donors (Lipinski definition) is 0. The number of nitrogens with zero attached hydrogens (tertiary/aromatic N) is 2. The topological polar surface area (TPSA) is 6.48 Å². The van der Waals surface area contributed by atoms with Crippen LogP contribution in [0.3, 0.4) is 0 Å². The molecule has 2 nitrogen and oxygen atoms in total. The smallest absolute Gasteiger partial charge is 0.0480 e. The fourth-order valence-corrected chi connectivity index (χ4v) is 3.05. The molecule has 2 aliphatic heterocycles. The second-order valence-electron chi connectivity index (χ2n) is 7.32. The molecule has 0 radical (unpaired) electrons. The Labute approximate surface area is 94.6 Å². The van der Waals surface area contributed by atoms with Gasteiger partial charge in [-0.3, -0.25) is 9.80 Å². The maximum absolute atomic E-state index is 2.70. The molecule has 1 spiro atoms. The summed E-state index contributed by atoms with van der Waals surface area (Å²) < 4.78 is 0. The molecule has 0 aromatic heterocycles.